The Labute approximate surface area is 134 Å². The Morgan fingerprint density at radius 3 is 2.27 bits per heavy atom. The maximum Gasteiger partial charge on any atom is 0.314 e. The first kappa shape index (κ1) is 15.1. The molecule has 1 aliphatic rings. The molecule has 1 aliphatic heterocycles. The fourth-order valence-electron chi connectivity index (χ4n) is 3.01. The van der Waals surface area contributed by atoms with Gasteiger partial charge in [0.25, 0.3) is 0 Å². The first-order chi connectivity index (χ1) is 10.6. The zero-order chi connectivity index (χ0) is 15.6. The minimum absolute atomic E-state index is 0.485. The summed E-state index contributed by atoms with van der Waals surface area (Å²) in [7, 11) is 0. The van der Waals surface area contributed by atoms with Crippen LogP contribution in [-0.4, -0.2) is 24.3 Å². The molecule has 0 spiro atoms. The molecule has 0 amide bonds. The molecule has 0 atom stereocenters. The van der Waals surface area contributed by atoms with Gasteiger partial charge in [-0.3, -0.25) is 4.79 Å². The lowest BCUT2D eigenvalue weighted by atomic mass is 9.74. The predicted molar refractivity (Wildman–Crippen MR) is 86.3 cm³/mol. The number of rotatable bonds is 3. The standard InChI is InChI=1S/C18H17ClO3/c19-16-4-2-1-3-15(16)13-5-7-14(8-6-13)18(17(20)21)9-11-22-12-10-18/h1-8H,9-12H2,(H,20,21). The summed E-state index contributed by atoms with van der Waals surface area (Å²) in [4.78, 5) is 11.8. The van der Waals surface area contributed by atoms with Crippen LogP contribution in [0.2, 0.25) is 5.02 Å². The zero-order valence-electron chi connectivity index (χ0n) is 12.1. The fourth-order valence-corrected chi connectivity index (χ4v) is 3.25. The predicted octanol–water partition coefficient (Wildman–Crippen LogP) is 4.14. The summed E-state index contributed by atoms with van der Waals surface area (Å²) in [6.07, 6.45) is 1.02. The maximum atomic E-state index is 11.8. The Kier molecular flexibility index (Phi) is 4.19. The molecule has 22 heavy (non-hydrogen) atoms. The van der Waals surface area contributed by atoms with Crippen molar-refractivity contribution in [1.29, 1.82) is 0 Å². The molecular weight excluding hydrogens is 300 g/mol. The average Bonchev–Trinajstić information content (AvgIpc) is 2.56. The van der Waals surface area contributed by atoms with Gasteiger partial charge in [-0.1, -0.05) is 54.1 Å². The summed E-state index contributed by atoms with van der Waals surface area (Å²) in [5.41, 5.74) is 1.94. The number of hydrogen-bond donors (Lipinski definition) is 1. The minimum atomic E-state index is -0.836. The zero-order valence-corrected chi connectivity index (χ0v) is 12.8. The van der Waals surface area contributed by atoms with Crippen LogP contribution in [0.15, 0.2) is 48.5 Å². The van der Waals surface area contributed by atoms with E-state index in [1.807, 2.05) is 48.5 Å². The lowest BCUT2D eigenvalue weighted by Crippen LogP contribution is -2.41. The molecule has 1 fully saturated rings. The van der Waals surface area contributed by atoms with E-state index in [0.717, 1.165) is 16.7 Å². The first-order valence-corrected chi connectivity index (χ1v) is 7.68. The minimum Gasteiger partial charge on any atom is -0.481 e. The highest BCUT2D eigenvalue weighted by Crippen LogP contribution is 2.36. The number of carbonyl (C=O) groups is 1. The molecule has 0 bridgehead atoms. The normalized spacial score (nSPS) is 17.1. The molecule has 2 aromatic rings. The van der Waals surface area contributed by atoms with E-state index in [2.05, 4.69) is 0 Å². The van der Waals surface area contributed by atoms with E-state index in [-0.39, 0.29) is 0 Å². The van der Waals surface area contributed by atoms with Crippen LogP contribution in [0.4, 0.5) is 0 Å². The van der Waals surface area contributed by atoms with Crippen LogP contribution >= 0.6 is 11.6 Å². The van der Waals surface area contributed by atoms with Crippen LogP contribution in [-0.2, 0) is 14.9 Å². The van der Waals surface area contributed by atoms with Crippen molar-refractivity contribution in [2.75, 3.05) is 13.2 Å². The molecule has 0 aromatic heterocycles. The van der Waals surface area contributed by atoms with Gasteiger partial charge in [0, 0.05) is 23.8 Å². The Bertz CT molecular complexity index is 673. The van der Waals surface area contributed by atoms with Crippen LogP contribution in [0.1, 0.15) is 18.4 Å². The highest BCUT2D eigenvalue weighted by atomic mass is 35.5. The largest absolute Gasteiger partial charge is 0.481 e. The third kappa shape index (κ3) is 2.62. The van der Waals surface area contributed by atoms with E-state index in [1.165, 1.54) is 0 Å². The number of aliphatic carboxylic acids is 1. The van der Waals surface area contributed by atoms with Gasteiger partial charge < -0.3 is 9.84 Å². The van der Waals surface area contributed by atoms with Gasteiger partial charge in [-0.05, 0) is 30.0 Å². The molecule has 0 radical (unpaired) electrons. The number of hydrogen-bond acceptors (Lipinski definition) is 2. The number of halogens is 1. The highest BCUT2D eigenvalue weighted by Gasteiger charge is 2.41. The number of benzene rings is 2. The van der Waals surface area contributed by atoms with Gasteiger partial charge in [-0.25, -0.2) is 0 Å². The van der Waals surface area contributed by atoms with E-state index in [0.29, 0.717) is 31.1 Å². The first-order valence-electron chi connectivity index (χ1n) is 7.30. The van der Waals surface area contributed by atoms with Crippen LogP contribution in [0.25, 0.3) is 11.1 Å². The Morgan fingerprint density at radius 1 is 1.05 bits per heavy atom. The molecular formula is C18H17ClO3. The van der Waals surface area contributed by atoms with Crippen molar-refractivity contribution < 1.29 is 14.6 Å². The van der Waals surface area contributed by atoms with Crippen LogP contribution in [0.3, 0.4) is 0 Å². The number of ether oxygens (including phenoxy) is 1. The number of carboxylic acid groups (broad SMARTS) is 1. The SMILES string of the molecule is O=C(O)C1(c2ccc(-c3ccccc3Cl)cc2)CCOCC1. The van der Waals surface area contributed by atoms with Crippen LogP contribution in [0, 0.1) is 0 Å². The van der Waals surface area contributed by atoms with E-state index < -0.39 is 11.4 Å². The molecule has 1 N–H and O–H groups in total. The summed E-state index contributed by atoms with van der Waals surface area (Å²) in [5.74, 6) is -0.777. The van der Waals surface area contributed by atoms with Crippen molar-refractivity contribution in [3.05, 3.63) is 59.1 Å². The van der Waals surface area contributed by atoms with Crippen LogP contribution < -0.4 is 0 Å². The van der Waals surface area contributed by atoms with Gasteiger partial charge >= 0.3 is 5.97 Å². The smallest absolute Gasteiger partial charge is 0.314 e. The van der Waals surface area contributed by atoms with Gasteiger partial charge in [-0.15, -0.1) is 0 Å². The van der Waals surface area contributed by atoms with Gasteiger partial charge in [0.15, 0.2) is 0 Å². The van der Waals surface area contributed by atoms with Crippen molar-refractivity contribution in [2.45, 2.75) is 18.3 Å². The molecule has 4 heteroatoms. The van der Waals surface area contributed by atoms with Gasteiger partial charge in [-0.2, -0.15) is 0 Å². The second kappa shape index (κ2) is 6.11. The summed E-state index contributed by atoms with van der Waals surface area (Å²) in [5, 5.41) is 10.4. The van der Waals surface area contributed by atoms with Crippen molar-refractivity contribution in [3.63, 3.8) is 0 Å². The maximum absolute atomic E-state index is 11.8. The second-order valence-electron chi connectivity index (χ2n) is 5.56. The molecule has 3 rings (SSSR count). The van der Waals surface area contributed by atoms with Gasteiger partial charge in [0.1, 0.15) is 0 Å². The quantitative estimate of drug-likeness (QED) is 0.925. The molecule has 1 heterocycles. The molecule has 3 nitrogen and oxygen atoms in total. The molecule has 0 aliphatic carbocycles. The van der Waals surface area contributed by atoms with Gasteiger partial charge in [0.05, 0.1) is 5.41 Å². The molecule has 0 saturated carbocycles. The summed E-state index contributed by atoms with van der Waals surface area (Å²) in [6, 6.07) is 15.3. The second-order valence-corrected chi connectivity index (χ2v) is 5.96. The molecule has 114 valence electrons. The third-order valence-corrected chi connectivity index (χ3v) is 4.71. The summed E-state index contributed by atoms with van der Waals surface area (Å²) < 4.78 is 5.32. The lowest BCUT2D eigenvalue weighted by molar-refractivity contribution is -0.147. The Hall–Kier alpha value is -1.84. The Balaban J connectivity index is 1.97. The lowest BCUT2D eigenvalue weighted by Gasteiger charge is -2.33. The third-order valence-electron chi connectivity index (χ3n) is 4.38. The van der Waals surface area contributed by atoms with Crippen molar-refractivity contribution >= 4 is 17.6 Å². The van der Waals surface area contributed by atoms with Crippen LogP contribution in [0.5, 0.6) is 0 Å². The summed E-state index contributed by atoms with van der Waals surface area (Å²) >= 11 is 6.21. The van der Waals surface area contributed by atoms with E-state index in [4.69, 9.17) is 16.3 Å². The monoisotopic (exact) mass is 316 g/mol. The van der Waals surface area contributed by atoms with Crippen molar-refractivity contribution in [1.82, 2.24) is 0 Å². The van der Waals surface area contributed by atoms with Crippen molar-refractivity contribution in [3.8, 4) is 11.1 Å². The Morgan fingerprint density at radius 2 is 1.68 bits per heavy atom. The topological polar surface area (TPSA) is 46.5 Å². The fraction of sp³-hybridized carbons (Fsp3) is 0.278. The molecule has 0 unspecified atom stereocenters. The number of carboxylic acids is 1. The molecule has 1 saturated heterocycles. The van der Waals surface area contributed by atoms with E-state index >= 15 is 0 Å². The highest BCUT2D eigenvalue weighted by molar-refractivity contribution is 6.33. The average molecular weight is 317 g/mol. The van der Waals surface area contributed by atoms with E-state index in [1.54, 1.807) is 0 Å². The van der Waals surface area contributed by atoms with Crippen molar-refractivity contribution in [2.24, 2.45) is 0 Å². The van der Waals surface area contributed by atoms with E-state index in [9.17, 15) is 9.90 Å². The molecule has 2 aromatic carbocycles. The summed E-state index contributed by atoms with van der Waals surface area (Å²) in [6.45, 7) is 0.969. The van der Waals surface area contributed by atoms with Gasteiger partial charge in [0.2, 0.25) is 0 Å².